The van der Waals surface area contributed by atoms with Crippen molar-refractivity contribution < 1.29 is 19.1 Å². The lowest BCUT2D eigenvalue weighted by molar-refractivity contribution is -0.148. The third-order valence-corrected chi connectivity index (χ3v) is 2.49. The van der Waals surface area contributed by atoms with Gasteiger partial charge in [0.05, 0.1) is 11.5 Å². The Hall–Kier alpha value is -2.04. The van der Waals surface area contributed by atoms with Crippen molar-refractivity contribution in [1.82, 2.24) is 4.98 Å². The molecule has 0 saturated heterocycles. The van der Waals surface area contributed by atoms with Crippen LogP contribution in [0.25, 0.3) is 0 Å². The Balaban J connectivity index is 2.28. The van der Waals surface area contributed by atoms with E-state index in [1.165, 1.54) is 12.3 Å². The highest BCUT2D eigenvalue weighted by molar-refractivity contribution is 6.28. The zero-order chi connectivity index (χ0) is 12.6. The lowest BCUT2D eigenvalue weighted by Gasteiger charge is -2.10. The minimum Gasteiger partial charge on any atom is -0.445 e. The third kappa shape index (κ3) is 1.84. The van der Waals surface area contributed by atoms with Crippen molar-refractivity contribution in [3.8, 4) is 0 Å². The van der Waals surface area contributed by atoms with Gasteiger partial charge in [0.25, 0.3) is 0 Å². The van der Waals surface area contributed by atoms with Gasteiger partial charge < -0.3 is 4.74 Å². The van der Waals surface area contributed by atoms with Gasteiger partial charge in [-0.2, -0.15) is 0 Å². The van der Waals surface area contributed by atoms with Crippen LogP contribution in [-0.2, 0) is 9.53 Å². The van der Waals surface area contributed by atoms with Gasteiger partial charge >= 0.3 is 5.97 Å². The zero-order valence-electron chi connectivity index (χ0n) is 9.47. The molecule has 0 amide bonds. The Kier molecular flexibility index (Phi) is 2.75. The highest BCUT2D eigenvalue weighted by atomic mass is 16.6. The Morgan fingerprint density at radius 3 is 2.65 bits per heavy atom. The first-order chi connectivity index (χ1) is 8.02. The number of Topliss-reactive ketones (excluding diaryl/α,β-unsaturated/α-hetero) is 2. The van der Waals surface area contributed by atoms with E-state index in [1.54, 1.807) is 19.9 Å². The van der Waals surface area contributed by atoms with E-state index in [1.807, 2.05) is 0 Å². The SMILES string of the molecule is CC(C)C(=O)OC1C(=O)c2cccnc2C1=O. The van der Waals surface area contributed by atoms with E-state index < -0.39 is 23.6 Å². The van der Waals surface area contributed by atoms with Gasteiger partial charge in [-0.3, -0.25) is 19.4 Å². The molecule has 1 aliphatic rings. The first-order valence-electron chi connectivity index (χ1n) is 5.26. The maximum atomic E-state index is 11.8. The number of fused-ring (bicyclic) bond motifs is 1. The second-order valence-corrected chi connectivity index (χ2v) is 4.10. The summed E-state index contributed by atoms with van der Waals surface area (Å²) >= 11 is 0. The highest BCUT2D eigenvalue weighted by Gasteiger charge is 2.42. The number of ketones is 2. The molecule has 1 atom stereocenters. The molecule has 1 aliphatic carbocycles. The summed E-state index contributed by atoms with van der Waals surface area (Å²) in [6, 6.07) is 3.07. The minimum absolute atomic E-state index is 0.0825. The van der Waals surface area contributed by atoms with Crippen molar-refractivity contribution in [3.63, 3.8) is 0 Å². The van der Waals surface area contributed by atoms with Gasteiger partial charge in [0.15, 0.2) is 0 Å². The Morgan fingerprint density at radius 2 is 2.06 bits per heavy atom. The molecular weight excluding hydrogens is 222 g/mol. The summed E-state index contributed by atoms with van der Waals surface area (Å²) in [5.41, 5.74) is 0.304. The van der Waals surface area contributed by atoms with Crippen LogP contribution in [-0.4, -0.2) is 28.6 Å². The molecule has 88 valence electrons. The predicted molar refractivity (Wildman–Crippen MR) is 57.6 cm³/mol. The average Bonchev–Trinajstić information content (AvgIpc) is 2.55. The summed E-state index contributed by atoms with van der Waals surface area (Å²) in [4.78, 5) is 38.9. The second kappa shape index (κ2) is 4.08. The lowest BCUT2D eigenvalue weighted by atomic mass is 10.2. The van der Waals surface area contributed by atoms with E-state index in [2.05, 4.69) is 4.98 Å². The zero-order valence-corrected chi connectivity index (χ0v) is 9.47. The van der Waals surface area contributed by atoms with Crippen molar-refractivity contribution >= 4 is 17.5 Å². The first kappa shape index (κ1) is 11.4. The number of hydrogen-bond donors (Lipinski definition) is 0. The lowest BCUT2D eigenvalue weighted by Crippen LogP contribution is -2.30. The van der Waals surface area contributed by atoms with Crippen LogP contribution in [0.4, 0.5) is 0 Å². The summed E-state index contributed by atoms with van der Waals surface area (Å²) in [5.74, 6) is -1.98. The van der Waals surface area contributed by atoms with Gasteiger partial charge in [-0.15, -0.1) is 0 Å². The molecule has 0 N–H and O–H groups in total. The summed E-state index contributed by atoms with van der Waals surface area (Å²) in [6.07, 6.45) is 0.0752. The van der Waals surface area contributed by atoms with Crippen molar-refractivity contribution in [2.45, 2.75) is 20.0 Å². The molecule has 0 aliphatic heterocycles. The number of hydrogen-bond acceptors (Lipinski definition) is 5. The summed E-state index contributed by atoms with van der Waals surface area (Å²) < 4.78 is 4.90. The summed E-state index contributed by atoms with van der Waals surface area (Å²) in [5, 5.41) is 0. The van der Waals surface area contributed by atoms with Crippen LogP contribution in [0.2, 0.25) is 0 Å². The first-order valence-corrected chi connectivity index (χ1v) is 5.26. The Labute approximate surface area is 97.8 Å². The van der Waals surface area contributed by atoms with Crippen molar-refractivity contribution in [1.29, 1.82) is 0 Å². The maximum Gasteiger partial charge on any atom is 0.309 e. The van der Waals surface area contributed by atoms with Crippen LogP contribution in [0.5, 0.6) is 0 Å². The van der Waals surface area contributed by atoms with Crippen molar-refractivity contribution in [2.75, 3.05) is 0 Å². The molecule has 1 aromatic heterocycles. The predicted octanol–water partition coefficient (Wildman–Crippen LogP) is 1.03. The van der Waals surface area contributed by atoms with Gasteiger partial charge in [-0.1, -0.05) is 13.8 Å². The van der Waals surface area contributed by atoms with Crippen molar-refractivity contribution in [2.24, 2.45) is 5.92 Å². The molecule has 1 aromatic rings. The molecular formula is C12H11NO4. The monoisotopic (exact) mass is 233 g/mol. The molecule has 17 heavy (non-hydrogen) atoms. The van der Waals surface area contributed by atoms with E-state index in [0.717, 1.165) is 0 Å². The van der Waals surface area contributed by atoms with Gasteiger partial charge in [-0.25, -0.2) is 0 Å². The number of carbonyl (C=O) groups excluding carboxylic acids is 3. The fraction of sp³-hybridized carbons (Fsp3) is 0.333. The normalized spacial score (nSPS) is 18.4. The smallest absolute Gasteiger partial charge is 0.309 e. The van der Waals surface area contributed by atoms with E-state index in [0.29, 0.717) is 0 Å². The molecule has 0 radical (unpaired) electrons. The minimum atomic E-state index is -1.35. The van der Waals surface area contributed by atoms with Gasteiger partial charge in [0.2, 0.25) is 17.7 Å². The largest absolute Gasteiger partial charge is 0.445 e. The van der Waals surface area contributed by atoms with Crippen LogP contribution in [0.3, 0.4) is 0 Å². The third-order valence-electron chi connectivity index (χ3n) is 2.49. The molecule has 0 saturated carbocycles. The maximum absolute atomic E-state index is 11.8. The molecule has 0 spiro atoms. The summed E-state index contributed by atoms with van der Waals surface area (Å²) in [6.45, 7) is 3.27. The molecule has 5 heteroatoms. The molecule has 1 heterocycles. The van der Waals surface area contributed by atoms with Gasteiger partial charge in [0, 0.05) is 6.20 Å². The molecule has 0 fully saturated rings. The number of ether oxygens (including phenoxy) is 1. The Morgan fingerprint density at radius 1 is 1.35 bits per heavy atom. The van der Waals surface area contributed by atoms with Gasteiger partial charge in [0.1, 0.15) is 5.69 Å². The number of aromatic nitrogens is 1. The van der Waals surface area contributed by atoms with E-state index in [9.17, 15) is 14.4 Å². The second-order valence-electron chi connectivity index (χ2n) is 4.10. The number of esters is 1. The van der Waals surface area contributed by atoms with E-state index in [4.69, 9.17) is 4.74 Å². The van der Waals surface area contributed by atoms with E-state index in [-0.39, 0.29) is 17.2 Å². The number of nitrogens with zero attached hydrogens (tertiary/aromatic N) is 1. The standard InChI is InChI=1S/C12H11NO4/c1-6(2)12(16)17-11-9(14)7-4-3-5-13-8(7)10(11)15/h3-6,11H,1-2H3. The van der Waals surface area contributed by atoms with Crippen molar-refractivity contribution in [3.05, 3.63) is 29.6 Å². The number of pyridine rings is 1. The van der Waals surface area contributed by atoms with Crippen LogP contribution in [0.1, 0.15) is 34.7 Å². The van der Waals surface area contributed by atoms with Crippen LogP contribution in [0, 0.1) is 5.92 Å². The number of carbonyl (C=O) groups is 3. The molecule has 2 rings (SSSR count). The molecule has 0 bridgehead atoms. The molecule has 0 aromatic carbocycles. The quantitative estimate of drug-likeness (QED) is 0.563. The van der Waals surface area contributed by atoms with E-state index >= 15 is 0 Å². The topological polar surface area (TPSA) is 73.3 Å². The Bertz CT molecular complexity index is 472. The molecule has 1 unspecified atom stereocenters. The summed E-state index contributed by atoms with van der Waals surface area (Å²) in [7, 11) is 0. The van der Waals surface area contributed by atoms with Gasteiger partial charge in [-0.05, 0) is 12.1 Å². The molecule has 5 nitrogen and oxygen atoms in total. The fourth-order valence-electron chi connectivity index (χ4n) is 1.54. The average molecular weight is 233 g/mol. The van der Waals surface area contributed by atoms with Crippen LogP contribution >= 0.6 is 0 Å². The van der Waals surface area contributed by atoms with Crippen LogP contribution < -0.4 is 0 Å². The van der Waals surface area contributed by atoms with Crippen LogP contribution in [0.15, 0.2) is 18.3 Å². The number of rotatable bonds is 2. The highest BCUT2D eigenvalue weighted by Crippen LogP contribution is 2.22. The fourth-order valence-corrected chi connectivity index (χ4v) is 1.54.